The number of thiazole rings is 1. The monoisotopic (exact) mass is 409 g/mol. The number of nitrogens with zero attached hydrogens (tertiary/aromatic N) is 1. The molecule has 4 aromatic rings. The second-order valence-electron chi connectivity index (χ2n) is 6.57. The molecule has 29 heavy (non-hydrogen) atoms. The zero-order chi connectivity index (χ0) is 20.5. The number of esters is 1. The first-order chi connectivity index (χ1) is 14.0. The van der Waals surface area contributed by atoms with Crippen LogP contribution in [0.2, 0.25) is 0 Å². The maximum Gasteiger partial charge on any atom is 0.375 e. The lowest BCUT2D eigenvalue weighted by Crippen LogP contribution is -2.15. The third-order valence-electron chi connectivity index (χ3n) is 4.58. The standard InChI is InChI=1S/C22H19NO5S/c1-3-7-12-10-13-16(11-15(12)24)28-20(22(26)27-4-2)18(19(13)25)21-23-14-8-5-6-9-17(14)29-21/h5-6,8-11,24H,3-4,7H2,1-2H3. The highest BCUT2D eigenvalue weighted by molar-refractivity contribution is 7.21. The van der Waals surface area contributed by atoms with E-state index in [1.165, 1.54) is 17.4 Å². The lowest BCUT2D eigenvalue weighted by Gasteiger charge is -2.10. The fraction of sp³-hybridized carbons (Fsp3) is 0.227. The van der Waals surface area contributed by atoms with Gasteiger partial charge in [0.15, 0.2) is 0 Å². The fourth-order valence-corrected chi connectivity index (χ4v) is 4.26. The Labute approximate surface area is 170 Å². The summed E-state index contributed by atoms with van der Waals surface area (Å²) in [6, 6.07) is 10.5. The number of ether oxygens (including phenoxy) is 1. The first kappa shape index (κ1) is 19.1. The van der Waals surface area contributed by atoms with E-state index < -0.39 is 5.97 Å². The van der Waals surface area contributed by atoms with Crippen molar-refractivity contribution in [1.82, 2.24) is 4.98 Å². The molecule has 0 aliphatic rings. The molecule has 6 nitrogen and oxygen atoms in total. The number of hydrogen-bond acceptors (Lipinski definition) is 7. The molecule has 2 aromatic carbocycles. The number of hydrogen-bond donors (Lipinski definition) is 1. The Bertz CT molecular complexity index is 1250. The van der Waals surface area contributed by atoms with Gasteiger partial charge >= 0.3 is 5.97 Å². The van der Waals surface area contributed by atoms with Crippen LogP contribution in [0.4, 0.5) is 0 Å². The summed E-state index contributed by atoms with van der Waals surface area (Å²) in [5.74, 6) is -0.908. The Morgan fingerprint density at radius 3 is 2.76 bits per heavy atom. The van der Waals surface area contributed by atoms with Crippen LogP contribution in [-0.4, -0.2) is 22.7 Å². The third-order valence-corrected chi connectivity index (χ3v) is 5.63. The number of phenolic OH excluding ortho intramolecular Hbond substituents is 1. The summed E-state index contributed by atoms with van der Waals surface area (Å²) in [5.41, 5.74) is 1.25. The van der Waals surface area contributed by atoms with Gasteiger partial charge in [-0.05, 0) is 37.1 Å². The Kier molecular flexibility index (Phi) is 5.07. The van der Waals surface area contributed by atoms with Crippen molar-refractivity contribution in [2.75, 3.05) is 6.61 Å². The van der Waals surface area contributed by atoms with Gasteiger partial charge in [-0.1, -0.05) is 25.5 Å². The van der Waals surface area contributed by atoms with Gasteiger partial charge in [-0.3, -0.25) is 4.79 Å². The molecule has 0 bridgehead atoms. The van der Waals surface area contributed by atoms with E-state index in [0.29, 0.717) is 22.4 Å². The summed E-state index contributed by atoms with van der Waals surface area (Å²) in [4.78, 5) is 30.5. The predicted molar refractivity (Wildman–Crippen MR) is 113 cm³/mol. The van der Waals surface area contributed by atoms with E-state index in [0.717, 1.165) is 16.6 Å². The zero-order valence-electron chi connectivity index (χ0n) is 16.0. The molecule has 0 saturated heterocycles. The van der Waals surface area contributed by atoms with Crippen LogP contribution in [0.1, 0.15) is 36.4 Å². The number of aromatic nitrogens is 1. The maximum absolute atomic E-state index is 13.4. The number of phenols is 1. The average Bonchev–Trinajstić information content (AvgIpc) is 3.13. The topological polar surface area (TPSA) is 89.6 Å². The lowest BCUT2D eigenvalue weighted by atomic mass is 10.0. The number of carbonyl (C=O) groups excluding carboxylic acids is 1. The summed E-state index contributed by atoms with van der Waals surface area (Å²) in [6.07, 6.45) is 1.44. The quantitative estimate of drug-likeness (QED) is 0.471. The molecule has 0 aliphatic carbocycles. The minimum absolute atomic E-state index is 0.0324. The molecule has 0 fully saturated rings. The Hall–Kier alpha value is -3.19. The van der Waals surface area contributed by atoms with Crippen LogP contribution in [-0.2, 0) is 11.2 Å². The van der Waals surface area contributed by atoms with Crippen LogP contribution in [0.15, 0.2) is 45.6 Å². The van der Waals surface area contributed by atoms with Crippen molar-refractivity contribution in [2.45, 2.75) is 26.7 Å². The Morgan fingerprint density at radius 2 is 2.03 bits per heavy atom. The smallest absolute Gasteiger partial charge is 0.375 e. The summed E-state index contributed by atoms with van der Waals surface area (Å²) in [6.45, 7) is 3.81. The van der Waals surface area contributed by atoms with Gasteiger partial charge in [0.1, 0.15) is 21.9 Å². The summed E-state index contributed by atoms with van der Waals surface area (Å²) < 4.78 is 11.8. The zero-order valence-corrected chi connectivity index (χ0v) is 16.8. The van der Waals surface area contributed by atoms with Gasteiger partial charge < -0.3 is 14.3 Å². The third kappa shape index (κ3) is 3.38. The summed E-state index contributed by atoms with van der Waals surface area (Å²) in [7, 11) is 0. The fourth-order valence-electron chi connectivity index (χ4n) is 3.26. The van der Waals surface area contributed by atoms with E-state index in [1.807, 2.05) is 31.2 Å². The van der Waals surface area contributed by atoms with Crippen molar-refractivity contribution in [3.05, 3.63) is 57.9 Å². The highest BCUT2D eigenvalue weighted by atomic mass is 32.1. The molecule has 0 amide bonds. The van der Waals surface area contributed by atoms with Crippen molar-refractivity contribution in [3.63, 3.8) is 0 Å². The molecule has 0 radical (unpaired) electrons. The van der Waals surface area contributed by atoms with Crippen molar-refractivity contribution < 1.29 is 19.1 Å². The molecule has 7 heteroatoms. The van der Waals surface area contributed by atoms with Gasteiger partial charge in [-0.15, -0.1) is 11.3 Å². The molecule has 0 spiro atoms. The molecule has 0 atom stereocenters. The van der Waals surface area contributed by atoms with Gasteiger partial charge in [0, 0.05) is 6.07 Å². The number of fused-ring (bicyclic) bond motifs is 2. The molecule has 0 aliphatic heterocycles. The molecule has 0 saturated carbocycles. The number of benzene rings is 2. The second-order valence-corrected chi connectivity index (χ2v) is 7.60. The van der Waals surface area contributed by atoms with E-state index in [2.05, 4.69) is 4.98 Å². The first-order valence-electron chi connectivity index (χ1n) is 9.39. The van der Waals surface area contributed by atoms with Crippen molar-refractivity contribution >= 4 is 38.5 Å². The molecule has 2 aromatic heterocycles. The van der Waals surface area contributed by atoms with Gasteiger partial charge in [0.2, 0.25) is 11.2 Å². The minimum atomic E-state index is -0.738. The molecule has 0 unspecified atom stereocenters. The molecule has 148 valence electrons. The van der Waals surface area contributed by atoms with Crippen LogP contribution < -0.4 is 5.43 Å². The molecule has 4 rings (SSSR count). The number of para-hydroxylation sites is 1. The van der Waals surface area contributed by atoms with E-state index in [9.17, 15) is 14.7 Å². The molecule has 2 heterocycles. The molecular formula is C22H19NO5S. The number of carbonyl (C=O) groups is 1. The highest BCUT2D eigenvalue weighted by Crippen LogP contribution is 2.33. The van der Waals surface area contributed by atoms with E-state index in [1.54, 1.807) is 13.0 Å². The van der Waals surface area contributed by atoms with E-state index in [-0.39, 0.29) is 34.7 Å². The number of aromatic hydroxyl groups is 1. The van der Waals surface area contributed by atoms with Crippen molar-refractivity contribution in [3.8, 4) is 16.3 Å². The number of aryl methyl sites for hydroxylation is 1. The molecule has 1 N–H and O–H groups in total. The second kappa shape index (κ2) is 7.67. The van der Waals surface area contributed by atoms with Crippen molar-refractivity contribution in [2.24, 2.45) is 0 Å². The first-order valence-corrected chi connectivity index (χ1v) is 10.2. The van der Waals surface area contributed by atoms with E-state index >= 15 is 0 Å². The Balaban J connectivity index is 2.04. The summed E-state index contributed by atoms with van der Waals surface area (Å²) in [5, 5.41) is 11.0. The highest BCUT2D eigenvalue weighted by Gasteiger charge is 2.26. The number of rotatable bonds is 5. The van der Waals surface area contributed by atoms with Gasteiger partial charge in [0.25, 0.3) is 0 Å². The van der Waals surface area contributed by atoms with Gasteiger partial charge in [0.05, 0.1) is 22.2 Å². The van der Waals surface area contributed by atoms with Gasteiger partial charge in [-0.25, -0.2) is 9.78 Å². The average molecular weight is 409 g/mol. The Morgan fingerprint density at radius 1 is 1.24 bits per heavy atom. The summed E-state index contributed by atoms with van der Waals surface area (Å²) >= 11 is 1.31. The van der Waals surface area contributed by atoms with Crippen LogP contribution in [0.5, 0.6) is 5.75 Å². The largest absolute Gasteiger partial charge is 0.508 e. The van der Waals surface area contributed by atoms with Crippen LogP contribution >= 0.6 is 11.3 Å². The van der Waals surface area contributed by atoms with Crippen LogP contribution in [0, 0.1) is 0 Å². The van der Waals surface area contributed by atoms with Crippen LogP contribution in [0.25, 0.3) is 31.8 Å². The van der Waals surface area contributed by atoms with Crippen LogP contribution in [0.3, 0.4) is 0 Å². The normalized spacial score (nSPS) is 11.2. The van der Waals surface area contributed by atoms with E-state index in [4.69, 9.17) is 9.15 Å². The van der Waals surface area contributed by atoms with Gasteiger partial charge in [-0.2, -0.15) is 0 Å². The maximum atomic E-state index is 13.4. The predicted octanol–water partition coefficient (Wildman–Crippen LogP) is 4.90. The minimum Gasteiger partial charge on any atom is -0.508 e. The van der Waals surface area contributed by atoms with Crippen molar-refractivity contribution in [1.29, 1.82) is 0 Å². The SMILES string of the molecule is CCCc1cc2c(=O)c(-c3nc4ccccc4s3)c(C(=O)OCC)oc2cc1O. The molecular weight excluding hydrogens is 390 g/mol. The lowest BCUT2D eigenvalue weighted by molar-refractivity contribution is 0.0492.